The molecule has 2 aromatic carbocycles. The van der Waals surface area contributed by atoms with E-state index in [4.69, 9.17) is 0 Å². The lowest BCUT2D eigenvalue weighted by Crippen LogP contribution is -1.90. The molecule has 18 heavy (non-hydrogen) atoms. The van der Waals surface area contributed by atoms with Gasteiger partial charge < -0.3 is 4.98 Å². The number of aromatic nitrogens is 2. The Labute approximate surface area is 106 Å². The van der Waals surface area contributed by atoms with E-state index >= 15 is 0 Å². The molecule has 1 aromatic heterocycles. The number of benzene rings is 2. The quantitative estimate of drug-likeness (QED) is 0.736. The highest BCUT2D eigenvalue weighted by atomic mass is 14.9. The van der Waals surface area contributed by atoms with Crippen LogP contribution in [-0.4, -0.2) is 9.97 Å². The minimum Gasteiger partial charge on any atom is -0.342 e. The summed E-state index contributed by atoms with van der Waals surface area (Å²) in [4.78, 5) is 7.80. The first-order valence-corrected chi connectivity index (χ1v) is 6.05. The Morgan fingerprint density at radius 3 is 2.22 bits per heavy atom. The Bertz CT molecular complexity index is 612. The molecule has 0 atom stereocenters. The number of imidazole rings is 1. The number of rotatable bonds is 3. The molecule has 0 spiro atoms. The van der Waals surface area contributed by atoms with E-state index in [9.17, 15) is 0 Å². The summed E-state index contributed by atoms with van der Waals surface area (Å²) in [7, 11) is 0. The van der Waals surface area contributed by atoms with Gasteiger partial charge in [0, 0.05) is 6.42 Å². The summed E-state index contributed by atoms with van der Waals surface area (Å²) in [5.41, 5.74) is 3.51. The standard InChI is InChI=1S/C16H14N2/c1-3-7-13(8-4-1)11-16-17-12-15(18-16)14-9-5-2-6-10-14/h1-10,12H,11H2,(H,17,18). The molecule has 0 amide bonds. The van der Waals surface area contributed by atoms with E-state index in [-0.39, 0.29) is 0 Å². The van der Waals surface area contributed by atoms with Gasteiger partial charge in [-0.2, -0.15) is 0 Å². The predicted molar refractivity (Wildman–Crippen MR) is 73.3 cm³/mol. The molecule has 0 bridgehead atoms. The molecule has 0 aliphatic carbocycles. The third kappa shape index (κ3) is 2.33. The Morgan fingerprint density at radius 2 is 1.50 bits per heavy atom. The topological polar surface area (TPSA) is 28.7 Å². The number of H-pyrrole nitrogens is 1. The van der Waals surface area contributed by atoms with Gasteiger partial charge in [0.25, 0.3) is 0 Å². The van der Waals surface area contributed by atoms with Crippen molar-refractivity contribution in [3.8, 4) is 11.3 Å². The van der Waals surface area contributed by atoms with E-state index < -0.39 is 0 Å². The molecule has 0 radical (unpaired) electrons. The Morgan fingerprint density at radius 1 is 0.833 bits per heavy atom. The highest BCUT2D eigenvalue weighted by Crippen LogP contribution is 2.17. The van der Waals surface area contributed by atoms with Gasteiger partial charge in [-0.1, -0.05) is 60.7 Å². The first kappa shape index (κ1) is 10.8. The van der Waals surface area contributed by atoms with Crippen molar-refractivity contribution in [2.45, 2.75) is 6.42 Å². The third-order valence-electron chi connectivity index (χ3n) is 2.93. The van der Waals surface area contributed by atoms with Gasteiger partial charge in [0.15, 0.2) is 0 Å². The van der Waals surface area contributed by atoms with Crippen LogP contribution in [0.2, 0.25) is 0 Å². The number of hydrogen-bond donors (Lipinski definition) is 1. The fourth-order valence-electron chi connectivity index (χ4n) is 2.01. The minimum atomic E-state index is 0.841. The first-order chi connectivity index (χ1) is 8.92. The van der Waals surface area contributed by atoms with Crippen LogP contribution in [-0.2, 0) is 6.42 Å². The molecule has 0 unspecified atom stereocenters. The molecule has 0 saturated carbocycles. The largest absolute Gasteiger partial charge is 0.342 e. The lowest BCUT2D eigenvalue weighted by molar-refractivity contribution is 1.03. The molecule has 0 aliphatic heterocycles. The number of aromatic amines is 1. The van der Waals surface area contributed by atoms with Gasteiger partial charge in [0.2, 0.25) is 0 Å². The van der Waals surface area contributed by atoms with Crippen molar-refractivity contribution in [2.24, 2.45) is 0 Å². The van der Waals surface area contributed by atoms with Gasteiger partial charge in [-0.15, -0.1) is 0 Å². The van der Waals surface area contributed by atoms with E-state index in [2.05, 4.69) is 46.4 Å². The summed E-state index contributed by atoms with van der Waals surface area (Å²) in [6.45, 7) is 0. The lowest BCUT2D eigenvalue weighted by Gasteiger charge is -1.98. The third-order valence-corrected chi connectivity index (χ3v) is 2.93. The van der Waals surface area contributed by atoms with Crippen LogP contribution in [0.1, 0.15) is 11.4 Å². The van der Waals surface area contributed by atoms with Crippen molar-refractivity contribution in [1.82, 2.24) is 9.97 Å². The van der Waals surface area contributed by atoms with Gasteiger partial charge in [0.1, 0.15) is 5.82 Å². The van der Waals surface area contributed by atoms with Gasteiger partial charge in [-0.05, 0) is 11.1 Å². The van der Waals surface area contributed by atoms with E-state index in [0.717, 1.165) is 17.9 Å². The van der Waals surface area contributed by atoms with Crippen molar-refractivity contribution >= 4 is 0 Å². The van der Waals surface area contributed by atoms with E-state index in [1.807, 2.05) is 30.5 Å². The summed E-state index contributed by atoms with van der Waals surface area (Å²) >= 11 is 0. The molecule has 3 aromatic rings. The summed E-state index contributed by atoms with van der Waals surface area (Å²) in [5.74, 6) is 1.00. The Balaban J connectivity index is 1.82. The van der Waals surface area contributed by atoms with E-state index in [1.54, 1.807) is 0 Å². The minimum absolute atomic E-state index is 0.841. The molecule has 0 saturated heterocycles. The van der Waals surface area contributed by atoms with Crippen LogP contribution in [0.4, 0.5) is 0 Å². The van der Waals surface area contributed by atoms with Crippen LogP contribution >= 0.6 is 0 Å². The van der Waals surface area contributed by atoms with Gasteiger partial charge in [-0.3, -0.25) is 0 Å². The average molecular weight is 234 g/mol. The van der Waals surface area contributed by atoms with Gasteiger partial charge in [-0.25, -0.2) is 4.98 Å². The van der Waals surface area contributed by atoms with Crippen molar-refractivity contribution in [1.29, 1.82) is 0 Å². The van der Waals surface area contributed by atoms with E-state index in [0.29, 0.717) is 0 Å². The van der Waals surface area contributed by atoms with Crippen molar-refractivity contribution in [3.05, 3.63) is 78.2 Å². The fourth-order valence-corrected chi connectivity index (χ4v) is 2.01. The molecule has 1 N–H and O–H groups in total. The summed E-state index contributed by atoms with van der Waals surface area (Å²) in [5, 5.41) is 0. The zero-order chi connectivity index (χ0) is 12.2. The zero-order valence-corrected chi connectivity index (χ0v) is 10.0. The second-order valence-corrected chi connectivity index (χ2v) is 4.27. The second-order valence-electron chi connectivity index (χ2n) is 4.27. The molecule has 0 aliphatic rings. The van der Waals surface area contributed by atoms with Gasteiger partial charge >= 0.3 is 0 Å². The maximum atomic E-state index is 4.43. The molecule has 3 rings (SSSR count). The first-order valence-electron chi connectivity index (χ1n) is 6.05. The molecule has 1 heterocycles. The van der Waals surface area contributed by atoms with Crippen LogP contribution < -0.4 is 0 Å². The maximum absolute atomic E-state index is 4.43. The Hall–Kier alpha value is -2.35. The fraction of sp³-hybridized carbons (Fsp3) is 0.0625. The van der Waals surface area contributed by atoms with E-state index in [1.165, 1.54) is 11.1 Å². The highest BCUT2D eigenvalue weighted by molar-refractivity contribution is 5.58. The van der Waals surface area contributed by atoms with Gasteiger partial charge in [0.05, 0.1) is 11.9 Å². The molecule has 88 valence electrons. The zero-order valence-electron chi connectivity index (χ0n) is 10.0. The molecule has 2 nitrogen and oxygen atoms in total. The SMILES string of the molecule is c1ccc(Cc2ncc(-c3ccccc3)[nH]2)cc1. The average Bonchev–Trinajstić information content (AvgIpc) is 2.89. The van der Waals surface area contributed by atoms with Crippen molar-refractivity contribution in [2.75, 3.05) is 0 Å². The summed E-state index contributed by atoms with van der Waals surface area (Å²) in [6, 6.07) is 20.6. The summed E-state index contributed by atoms with van der Waals surface area (Å²) in [6.07, 6.45) is 2.74. The molecule has 0 fully saturated rings. The number of nitrogens with one attached hydrogen (secondary N) is 1. The summed E-state index contributed by atoms with van der Waals surface area (Å²) < 4.78 is 0. The number of hydrogen-bond acceptors (Lipinski definition) is 1. The van der Waals surface area contributed by atoms with Crippen LogP contribution in [0.15, 0.2) is 66.9 Å². The second kappa shape index (κ2) is 4.88. The molecule has 2 heteroatoms. The monoisotopic (exact) mass is 234 g/mol. The van der Waals surface area contributed by atoms with Crippen molar-refractivity contribution in [3.63, 3.8) is 0 Å². The lowest BCUT2D eigenvalue weighted by atomic mass is 10.1. The van der Waals surface area contributed by atoms with Crippen LogP contribution in [0.5, 0.6) is 0 Å². The van der Waals surface area contributed by atoms with Crippen LogP contribution in [0.25, 0.3) is 11.3 Å². The van der Waals surface area contributed by atoms with Crippen LogP contribution in [0.3, 0.4) is 0 Å². The van der Waals surface area contributed by atoms with Crippen LogP contribution in [0, 0.1) is 0 Å². The maximum Gasteiger partial charge on any atom is 0.110 e. The molecular weight excluding hydrogens is 220 g/mol. The smallest absolute Gasteiger partial charge is 0.110 e. The Kier molecular flexibility index (Phi) is 2.92. The predicted octanol–water partition coefficient (Wildman–Crippen LogP) is 3.67. The van der Waals surface area contributed by atoms with Crippen molar-refractivity contribution < 1.29 is 0 Å². The highest BCUT2D eigenvalue weighted by Gasteiger charge is 2.03. The molecular formula is C16H14N2. The normalized spacial score (nSPS) is 10.4. The number of nitrogens with zero attached hydrogens (tertiary/aromatic N) is 1.